The standard InChI is InChI=1S/C15H30N4O/c1-4-5-15(6-7-16-12-15)14(20)17-10-13-11-18(2)8-9-19(13)3/h13,16H,4-12H2,1-3H3,(H,17,20). The van der Waals surface area contributed by atoms with Crippen molar-refractivity contribution in [3.05, 3.63) is 0 Å². The Morgan fingerprint density at radius 2 is 2.20 bits per heavy atom. The van der Waals surface area contributed by atoms with Crippen molar-refractivity contribution in [2.24, 2.45) is 5.41 Å². The highest BCUT2D eigenvalue weighted by atomic mass is 16.2. The third-order valence-corrected chi connectivity index (χ3v) is 4.93. The van der Waals surface area contributed by atoms with Crippen LogP contribution in [0.2, 0.25) is 0 Å². The lowest BCUT2D eigenvalue weighted by Crippen LogP contribution is -2.55. The Morgan fingerprint density at radius 1 is 1.40 bits per heavy atom. The van der Waals surface area contributed by atoms with Crippen LogP contribution in [0.15, 0.2) is 0 Å². The van der Waals surface area contributed by atoms with Crippen LogP contribution in [-0.2, 0) is 4.79 Å². The summed E-state index contributed by atoms with van der Waals surface area (Å²) in [5.74, 6) is 0.256. The highest BCUT2D eigenvalue weighted by molar-refractivity contribution is 5.83. The van der Waals surface area contributed by atoms with Gasteiger partial charge in [0.2, 0.25) is 5.91 Å². The minimum absolute atomic E-state index is 0.159. The molecule has 2 N–H and O–H groups in total. The van der Waals surface area contributed by atoms with E-state index in [0.717, 1.165) is 58.5 Å². The molecule has 0 spiro atoms. The molecule has 0 radical (unpaired) electrons. The quantitative estimate of drug-likeness (QED) is 0.752. The maximum atomic E-state index is 12.6. The van der Waals surface area contributed by atoms with Gasteiger partial charge in [0.25, 0.3) is 0 Å². The average molecular weight is 282 g/mol. The molecule has 20 heavy (non-hydrogen) atoms. The summed E-state index contributed by atoms with van der Waals surface area (Å²) in [6, 6.07) is 0.436. The largest absolute Gasteiger partial charge is 0.354 e. The van der Waals surface area contributed by atoms with E-state index in [0.29, 0.717) is 6.04 Å². The molecule has 2 unspecified atom stereocenters. The van der Waals surface area contributed by atoms with Crippen LogP contribution in [-0.4, -0.2) is 75.1 Å². The number of nitrogens with one attached hydrogen (secondary N) is 2. The molecule has 2 aliphatic rings. The van der Waals surface area contributed by atoms with Gasteiger partial charge in [-0.15, -0.1) is 0 Å². The average Bonchev–Trinajstić information content (AvgIpc) is 2.90. The number of piperazine rings is 1. The van der Waals surface area contributed by atoms with Crippen molar-refractivity contribution in [1.82, 2.24) is 20.4 Å². The van der Waals surface area contributed by atoms with E-state index in [4.69, 9.17) is 0 Å². The van der Waals surface area contributed by atoms with Crippen molar-refractivity contribution in [3.8, 4) is 0 Å². The number of carbonyl (C=O) groups is 1. The number of likely N-dealkylation sites (N-methyl/N-ethyl adjacent to an activating group) is 2. The first kappa shape index (κ1) is 15.7. The molecule has 0 aliphatic carbocycles. The number of rotatable bonds is 5. The summed E-state index contributed by atoms with van der Waals surface area (Å²) in [6.07, 6.45) is 3.04. The summed E-state index contributed by atoms with van der Waals surface area (Å²) in [6.45, 7) is 7.98. The summed E-state index contributed by atoms with van der Waals surface area (Å²) in [7, 11) is 4.31. The summed E-state index contributed by atoms with van der Waals surface area (Å²) in [4.78, 5) is 17.3. The van der Waals surface area contributed by atoms with Gasteiger partial charge in [0.15, 0.2) is 0 Å². The molecule has 0 saturated carbocycles. The zero-order valence-electron chi connectivity index (χ0n) is 13.2. The van der Waals surface area contributed by atoms with Gasteiger partial charge in [-0.2, -0.15) is 0 Å². The van der Waals surface area contributed by atoms with E-state index in [2.05, 4.69) is 41.5 Å². The van der Waals surface area contributed by atoms with Crippen molar-refractivity contribution in [2.45, 2.75) is 32.2 Å². The molecule has 2 atom stereocenters. The van der Waals surface area contributed by atoms with Gasteiger partial charge in [-0.1, -0.05) is 13.3 Å². The van der Waals surface area contributed by atoms with Gasteiger partial charge in [0, 0.05) is 38.8 Å². The topological polar surface area (TPSA) is 47.6 Å². The number of nitrogens with zero attached hydrogens (tertiary/aromatic N) is 2. The molecule has 2 aliphatic heterocycles. The molecule has 0 aromatic carbocycles. The van der Waals surface area contributed by atoms with Gasteiger partial charge in [-0.25, -0.2) is 0 Å². The first-order chi connectivity index (χ1) is 9.57. The molecule has 0 aromatic rings. The predicted molar refractivity (Wildman–Crippen MR) is 81.8 cm³/mol. The molecule has 0 aromatic heterocycles. The van der Waals surface area contributed by atoms with Gasteiger partial charge >= 0.3 is 0 Å². The zero-order chi connectivity index (χ0) is 14.6. The molecular weight excluding hydrogens is 252 g/mol. The normalized spacial score (nSPS) is 32.5. The van der Waals surface area contributed by atoms with Crippen LogP contribution in [0.1, 0.15) is 26.2 Å². The third-order valence-electron chi connectivity index (χ3n) is 4.93. The van der Waals surface area contributed by atoms with E-state index < -0.39 is 0 Å². The minimum atomic E-state index is -0.159. The number of hydrogen-bond donors (Lipinski definition) is 2. The Bertz CT molecular complexity index is 328. The van der Waals surface area contributed by atoms with E-state index in [1.807, 2.05) is 0 Å². The Labute approximate surface area is 123 Å². The molecule has 2 rings (SSSR count). The summed E-state index contributed by atoms with van der Waals surface area (Å²) < 4.78 is 0. The lowest BCUT2D eigenvalue weighted by molar-refractivity contribution is -0.130. The maximum Gasteiger partial charge on any atom is 0.227 e. The molecule has 5 heteroatoms. The molecular formula is C15H30N4O. The van der Waals surface area contributed by atoms with Crippen LogP contribution in [0.25, 0.3) is 0 Å². The zero-order valence-corrected chi connectivity index (χ0v) is 13.2. The van der Waals surface area contributed by atoms with E-state index in [1.165, 1.54) is 0 Å². The molecule has 2 fully saturated rings. The van der Waals surface area contributed by atoms with Crippen LogP contribution in [0.3, 0.4) is 0 Å². The SMILES string of the molecule is CCCC1(C(=O)NCC2CN(C)CCN2C)CCNC1. The van der Waals surface area contributed by atoms with E-state index in [-0.39, 0.29) is 11.3 Å². The Balaban J connectivity index is 1.87. The van der Waals surface area contributed by atoms with Crippen molar-refractivity contribution in [3.63, 3.8) is 0 Å². The Kier molecular flexibility index (Phi) is 5.41. The molecule has 2 saturated heterocycles. The molecule has 2 heterocycles. The first-order valence-electron chi connectivity index (χ1n) is 7.95. The van der Waals surface area contributed by atoms with Gasteiger partial charge in [-0.05, 0) is 33.5 Å². The van der Waals surface area contributed by atoms with Crippen LogP contribution in [0, 0.1) is 5.41 Å². The van der Waals surface area contributed by atoms with E-state index >= 15 is 0 Å². The fourth-order valence-corrected chi connectivity index (χ4v) is 3.46. The molecule has 5 nitrogen and oxygen atoms in total. The fraction of sp³-hybridized carbons (Fsp3) is 0.933. The first-order valence-corrected chi connectivity index (χ1v) is 7.95. The summed E-state index contributed by atoms with van der Waals surface area (Å²) >= 11 is 0. The minimum Gasteiger partial charge on any atom is -0.354 e. The van der Waals surface area contributed by atoms with E-state index in [1.54, 1.807) is 0 Å². The summed E-state index contributed by atoms with van der Waals surface area (Å²) in [5, 5.41) is 6.58. The van der Waals surface area contributed by atoms with Crippen LogP contribution in [0.5, 0.6) is 0 Å². The van der Waals surface area contributed by atoms with Crippen molar-refractivity contribution < 1.29 is 4.79 Å². The molecule has 1 amide bonds. The van der Waals surface area contributed by atoms with Gasteiger partial charge in [0.05, 0.1) is 5.41 Å². The second kappa shape index (κ2) is 6.87. The third kappa shape index (κ3) is 3.51. The van der Waals surface area contributed by atoms with E-state index in [9.17, 15) is 4.79 Å². The van der Waals surface area contributed by atoms with Gasteiger partial charge in [-0.3, -0.25) is 9.69 Å². The predicted octanol–water partition coefficient (Wildman–Crippen LogP) is 0.128. The van der Waals surface area contributed by atoms with Crippen molar-refractivity contribution >= 4 is 5.91 Å². The number of hydrogen-bond acceptors (Lipinski definition) is 4. The van der Waals surface area contributed by atoms with Gasteiger partial charge in [0.1, 0.15) is 0 Å². The Hall–Kier alpha value is -0.650. The van der Waals surface area contributed by atoms with Crippen LogP contribution in [0.4, 0.5) is 0 Å². The Morgan fingerprint density at radius 3 is 2.85 bits per heavy atom. The van der Waals surface area contributed by atoms with Crippen molar-refractivity contribution in [2.75, 3.05) is 53.4 Å². The highest BCUT2D eigenvalue weighted by Gasteiger charge is 2.40. The van der Waals surface area contributed by atoms with Crippen molar-refractivity contribution in [1.29, 1.82) is 0 Å². The highest BCUT2D eigenvalue weighted by Crippen LogP contribution is 2.31. The lowest BCUT2D eigenvalue weighted by Gasteiger charge is -2.38. The second-order valence-corrected chi connectivity index (χ2v) is 6.56. The molecule has 0 bridgehead atoms. The summed E-state index contributed by atoms with van der Waals surface area (Å²) in [5.41, 5.74) is -0.159. The second-order valence-electron chi connectivity index (χ2n) is 6.56. The smallest absolute Gasteiger partial charge is 0.227 e. The molecule has 116 valence electrons. The number of amides is 1. The maximum absolute atomic E-state index is 12.6. The lowest BCUT2D eigenvalue weighted by atomic mass is 9.81. The fourth-order valence-electron chi connectivity index (χ4n) is 3.46. The van der Waals surface area contributed by atoms with Crippen LogP contribution >= 0.6 is 0 Å². The van der Waals surface area contributed by atoms with Gasteiger partial charge < -0.3 is 15.5 Å². The number of carbonyl (C=O) groups excluding carboxylic acids is 1. The monoisotopic (exact) mass is 282 g/mol. The van der Waals surface area contributed by atoms with Crippen LogP contribution < -0.4 is 10.6 Å².